The van der Waals surface area contributed by atoms with Crippen LogP contribution in [-0.4, -0.2) is 46.4 Å². The Labute approximate surface area is 218 Å². The number of ether oxygens (including phenoxy) is 2. The van der Waals surface area contributed by atoms with E-state index in [1.165, 1.54) is 11.3 Å². The number of amides is 1. The average Bonchev–Trinajstić information content (AvgIpc) is 3.15. The van der Waals surface area contributed by atoms with Crippen molar-refractivity contribution in [1.82, 2.24) is 19.9 Å². The number of carbonyl (C=O) groups is 1. The van der Waals surface area contributed by atoms with Crippen LogP contribution in [0.2, 0.25) is 0 Å². The highest BCUT2D eigenvalue weighted by Crippen LogP contribution is 2.53. The zero-order valence-corrected chi connectivity index (χ0v) is 22.6. The predicted molar refractivity (Wildman–Crippen MR) is 147 cm³/mol. The first-order chi connectivity index (χ1) is 17.6. The van der Waals surface area contributed by atoms with Crippen molar-refractivity contribution < 1.29 is 14.3 Å². The molecule has 0 radical (unpaired) electrons. The molecular formula is C29H37N5O3. The molecule has 8 nitrogen and oxygen atoms in total. The molecule has 0 unspecified atom stereocenters. The van der Waals surface area contributed by atoms with Gasteiger partial charge in [0.05, 0.1) is 18.2 Å². The van der Waals surface area contributed by atoms with Gasteiger partial charge in [-0.1, -0.05) is 18.2 Å². The van der Waals surface area contributed by atoms with Crippen LogP contribution in [0.15, 0.2) is 36.7 Å². The molecule has 0 bridgehead atoms. The topological polar surface area (TPSA) is 90.3 Å². The number of hydrogen-bond donors (Lipinski definition) is 2. The van der Waals surface area contributed by atoms with Gasteiger partial charge < -0.3 is 24.7 Å². The predicted octanol–water partition coefficient (Wildman–Crippen LogP) is 5.93. The Bertz CT molecular complexity index is 1340. The molecule has 0 saturated heterocycles. The molecule has 3 aromatic rings. The number of rotatable bonds is 5. The van der Waals surface area contributed by atoms with Gasteiger partial charge in [0, 0.05) is 25.7 Å². The summed E-state index contributed by atoms with van der Waals surface area (Å²) in [4.78, 5) is 21.4. The zero-order chi connectivity index (χ0) is 26.4. The summed E-state index contributed by atoms with van der Waals surface area (Å²) in [6, 6.07) is 8.39. The number of carbonyl (C=O) groups excluding carboxylic acids is 1. The molecule has 1 amide bonds. The highest BCUT2D eigenvalue weighted by atomic mass is 16.6. The van der Waals surface area contributed by atoms with Gasteiger partial charge in [0.1, 0.15) is 29.1 Å². The third-order valence-electron chi connectivity index (χ3n) is 7.67. The fraction of sp³-hybridized carbons (Fsp3) is 0.483. The molecule has 2 heterocycles. The Morgan fingerprint density at radius 1 is 1.16 bits per heavy atom. The van der Waals surface area contributed by atoms with Crippen molar-refractivity contribution in [3.63, 3.8) is 0 Å². The van der Waals surface area contributed by atoms with Gasteiger partial charge in [0.2, 0.25) is 0 Å². The Hall–Kier alpha value is -3.55. The van der Waals surface area contributed by atoms with Crippen LogP contribution in [0.3, 0.4) is 0 Å². The van der Waals surface area contributed by atoms with Gasteiger partial charge >= 0.3 is 6.09 Å². The Kier molecular flexibility index (Phi) is 6.38. The Morgan fingerprint density at radius 2 is 1.89 bits per heavy atom. The van der Waals surface area contributed by atoms with Crippen LogP contribution in [0, 0.1) is 5.41 Å². The molecule has 0 atom stereocenters. The van der Waals surface area contributed by atoms with Crippen molar-refractivity contribution in [2.24, 2.45) is 12.5 Å². The summed E-state index contributed by atoms with van der Waals surface area (Å²) >= 11 is 0. The third-order valence-corrected chi connectivity index (χ3v) is 7.67. The van der Waals surface area contributed by atoms with E-state index in [-0.39, 0.29) is 17.6 Å². The van der Waals surface area contributed by atoms with Gasteiger partial charge in [0.15, 0.2) is 0 Å². The minimum Gasteiger partial charge on any atom is -0.497 e. The molecule has 8 heteroatoms. The summed E-state index contributed by atoms with van der Waals surface area (Å²) in [6.45, 7) is 5.67. The van der Waals surface area contributed by atoms with Crippen LogP contribution in [0.25, 0.3) is 27.7 Å². The highest BCUT2D eigenvalue weighted by Gasteiger charge is 2.45. The third kappa shape index (κ3) is 4.77. The summed E-state index contributed by atoms with van der Waals surface area (Å²) in [5.74, 6) is 1.65. The number of nitrogens with one attached hydrogen (secondary N) is 2. The summed E-state index contributed by atoms with van der Waals surface area (Å²) < 4.78 is 13.0. The largest absolute Gasteiger partial charge is 0.497 e. The van der Waals surface area contributed by atoms with E-state index in [0.717, 1.165) is 65.8 Å². The summed E-state index contributed by atoms with van der Waals surface area (Å²) in [5.41, 5.74) is 5.46. The lowest BCUT2D eigenvalue weighted by Gasteiger charge is -2.49. The van der Waals surface area contributed by atoms with Crippen LogP contribution in [0.5, 0.6) is 5.75 Å². The number of methoxy groups -OCH3 is 1. The van der Waals surface area contributed by atoms with E-state index in [0.29, 0.717) is 0 Å². The number of alkyl carbamates (subject to hydrolysis) is 1. The quantitative estimate of drug-likeness (QED) is 0.449. The number of fused-ring (bicyclic) bond motifs is 1. The molecule has 1 saturated carbocycles. The first-order valence-electron chi connectivity index (χ1n) is 13.0. The summed E-state index contributed by atoms with van der Waals surface area (Å²) in [6.07, 6.45) is 8.77. The van der Waals surface area contributed by atoms with Gasteiger partial charge in [-0.05, 0) is 81.6 Å². The molecule has 37 heavy (non-hydrogen) atoms. The SMILES string of the molecule is CNc1ncnc2c1c(-c1ccc(OC)cc1)c(C1=CCC3(CC1)CC(NC(=O)OC(C)(C)C)C3)n2C. The van der Waals surface area contributed by atoms with E-state index in [2.05, 4.69) is 50.4 Å². The molecule has 2 N–H and O–H groups in total. The van der Waals surface area contributed by atoms with E-state index >= 15 is 0 Å². The zero-order valence-electron chi connectivity index (χ0n) is 22.6. The van der Waals surface area contributed by atoms with Crippen molar-refractivity contribution in [2.75, 3.05) is 19.5 Å². The molecule has 196 valence electrons. The number of nitrogens with zero attached hydrogens (tertiary/aromatic N) is 3. The molecular weight excluding hydrogens is 466 g/mol. The van der Waals surface area contributed by atoms with Gasteiger partial charge in [-0.3, -0.25) is 0 Å². The fourth-order valence-electron chi connectivity index (χ4n) is 5.95. The fourth-order valence-corrected chi connectivity index (χ4v) is 5.95. The molecule has 1 aromatic carbocycles. The number of hydrogen-bond acceptors (Lipinski definition) is 6. The summed E-state index contributed by atoms with van der Waals surface area (Å²) in [7, 11) is 5.67. The van der Waals surface area contributed by atoms with E-state index in [1.54, 1.807) is 13.4 Å². The van der Waals surface area contributed by atoms with Crippen LogP contribution in [-0.2, 0) is 11.8 Å². The second kappa shape index (κ2) is 9.39. The van der Waals surface area contributed by atoms with E-state index in [4.69, 9.17) is 9.47 Å². The van der Waals surface area contributed by atoms with Crippen molar-refractivity contribution in [1.29, 1.82) is 0 Å². The average molecular weight is 504 g/mol. The van der Waals surface area contributed by atoms with E-state index < -0.39 is 5.60 Å². The minimum atomic E-state index is -0.480. The van der Waals surface area contributed by atoms with Gasteiger partial charge in [0.25, 0.3) is 0 Å². The smallest absolute Gasteiger partial charge is 0.407 e. The molecule has 5 rings (SSSR count). The molecule has 2 aliphatic carbocycles. The lowest BCUT2D eigenvalue weighted by molar-refractivity contribution is 0.0296. The number of anilines is 1. The molecule has 2 aromatic heterocycles. The maximum atomic E-state index is 12.2. The van der Waals surface area contributed by atoms with Crippen LogP contribution < -0.4 is 15.4 Å². The highest BCUT2D eigenvalue weighted by molar-refractivity contribution is 6.06. The van der Waals surface area contributed by atoms with E-state index in [1.807, 2.05) is 40.0 Å². The molecule has 2 aliphatic rings. The van der Waals surface area contributed by atoms with Gasteiger partial charge in [-0.25, -0.2) is 14.8 Å². The standard InChI is InChI=1S/C29H37N5O3/c1-28(2,3)37-27(35)33-20-15-29(16-20)13-11-19(12-14-29)24-22(18-7-9-21(36-6)10-8-18)23-25(30-4)31-17-32-26(23)34(24)5/h7-11,17,20H,12-16H2,1-6H3,(H,33,35)(H,30,31,32). The second-order valence-electron chi connectivity index (χ2n) is 11.4. The van der Waals surface area contributed by atoms with Gasteiger partial charge in [-0.15, -0.1) is 0 Å². The van der Waals surface area contributed by atoms with Crippen molar-refractivity contribution in [2.45, 2.75) is 64.5 Å². The molecule has 1 spiro atoms. The maximum Gasteiger partial charge on any atom is 0.407 e. The van der Waals surface area contributed by atoms with Crippen LogP contribution in [0.4, 0.5) is 10.6 Å². The van der Waals surface area contributed by atoms with Crippen LogP contribution >= 0.6 is 0 Å². The molecule has 0 aliphatic heterocycles. The van der Waals surface area contributed by atoms with Crippen molar-refractivity contribution in [3.8, 4) is 16.9 Å². The maximum absolute atomic E-state index is 12.2. The second-order valence-corrected chi connectivity index (χ2v) is 11.4. The summed E-state index contributed by atoms with van der Waals surface area (Å²) in [5, 5.41) is 7.33. The minimum absolute atomic E-state index is 0.186. The number of aryl methyl sites for hydroxylation is 1. The van der Waals surface area contributed by atoms with Crippen molar-refractivity contribution >= 4 is 28.5 Å². The Morgan fingerprint density at radius 3 is 2.49 bits per heavy atom. The lowest BCUT2D eigenvalue weighted by Crippen LogP contribution is -2.52. The first-order valence-corrected chi connectivity index (χ1v) is 13.0. The number of allylic oxidation sites excluding steroid dienone is 2. The Balaban J connectivity index is 1.44. The normalized spacial score (nSPS) is 21.4. The monoisotopic (exact) mass is 503 g/mol. The first kappa shape index (κ1) is 25.1. The van der Waals surface area contributed by atoms with Crippen LogP contribution in [0.1, 0.15) is 58.6 Å². The lowest BCUT2D eigenvalue weighted by atomic mass is 9.59. The van der Waals surface area contributed by atoms with Crippen molar-refractivity contribution in [3.05, 3.63) is 42.4 Å². The number of benzene rings is 1. The number of aromatic nitrogens is 3. The van der Waals surface area contributed by atoms with E-state index in [9.17, 15) is 4.79 Å². The molecule has 1 fully saturated rings. The van der Waals surface area contributed by atoms with Gasteiger partial charge in [-0.2, -0.15) is 0 Å².